The van der Waals surface area contributed by atoms with Crippen molar-refractivity contribution in [3.05, 3.63) is 11.5 Å². The molecule has 56 valence electrons. The quantitative estimate of drug-likeness (QED) is 0.531. The van der Waals surface area contributed by atoms with E-state index in [1.54, 1.807) is 0 Å². The van der Waals surface area contributed by atoms with Crippen molar-refractivity contribution in [1.29, 1.82) is 0 Å². The summed E-state index contributed by atoms with van der Waals surface area (Å²) in [5, 5.41) is 17.6. The van der Waals surface area contributed by atoms with Crippen LogP contribution in [0.4, 0.5) is 0 Å². The summed E-state index contributed by atoms with van der Waals surface area (Å²) in [5.74, 6) is 0. The highest BCUT2D eigenvalue weighted by atomic mass is 16.4. The number of rotatable bonds is 1. The van der Waals surface area contributed by atoms with Crippen LogP contribution in [0.5, 0.6) is 0 Å². The van der Waals surface area contributed by atoms with Crippen molar-refractivity contribution in [2.45, 2.75) is 32.1 Å². The molecule has 0 saturated carbocycles. The fourth-order valence-electron chi connectivity index (χ4n) is 1.27. The Labute approximate surface area is 61.7 Å². The van der Waals surface area contributed by atoms with Gasteiger partial charge in [-0.1, -0.05) is 18.9 Å². The average molecular weight is 140 g/mol. The molecule has 3 heteroatoms. The predicted octanol–water partition coefficient (Wildman–Crippen LogP) is 0.889. The number of allylic oxidation sites excluding steroid dienone is 2. The van der Waals surface area contributed by atoms with Gasteiger partial charge in [-0.15, -0.1) is 0 Å². The second-order valence-electron chi connectivity index (χ2n) is 2.75. The monoisotopic (exact) mass is 140 g/mol. The summed E-state index contributed by atoms with van der Waals surface area (Å²) in [6.07, 6.45) is 7.33. The van der Waals surface area contributed by atoms with E-state index in [0.29, 0.717) is 0 Å². The molecule has 0 radical (unpaired) electrons. The SMILES string of the molecule is OB(O)C1=CCCCCC1. The molecule has 0 heterocycles. The van der Waals surface area contributed by atoms with Gasteiger partial charge < -0.3 is 10.0 Å². The van der Waals surface area contributed by atoms with Crippen molar-refractivity contribution in [2.75, 3.05) is 0 Å². The number of hydrogen-bond donors (Lipinski definition) is 2. The van der Waals surface area contributed by atoms with Crippen LogP contribution < -0.4 is 0 Å². The molecule has 0 aromatic heterocycles. The lowest BCUT2D eigenvalue weighted by molar-refractivity contribution is 0.416. The molecule has 1 aliphatic carbocycles. The molecule has 0 aliphatic heterocycles. The van der Waals surface area contributed by atoms with Crippen molar-refractivity contribution in [3.8, 4) is 0 Å². The van der Waals surface area contributed by atoms with E-state index in [9.17, 15) is 0 Å². The summed E-state index contributed by atoms with van der Waals surface area (Å²) in [6.45, 7) is 0. The predicted molar refractivity (Wildman–Crippen MR) is 41.4 cm³/mol. The third-order valence-electron chi connectivity index (χ3n) is 1.91. The third kappa shape index (κ3) is 2.16. The fourth-order valence-corrected chi connectivity index (χ4v) is 1.27. The molecule has 0 atom stereocenters. The van der Waals surface area contributed by atoms with Gasteiger partial charge >= 0.3 is 7.12 Å². The topological polar surface area (TPSA) is 40.5 Å². The van der Waals surface area contributed by atoms with Crippen LogP contribution in [0.1, 0.15) is 32.1 Å². The zero-order chi connectivity index (χ0) is 7.40. The molecule has 0 amide bonds. The van der Waals surface area contributed by atoms with Gasteiger partial charge in [0.05, 0.1) is 0 Å². The molecule has 0 bridgehead atoms. The van der Waals surface area contributed by atoms with Crippen LogP contribution in [0.15, 0.2) is 11.5 Å². The minimum absolute atomic E-state index is 0.803. The Hall–Kier alpha value is -0.275. The van der Waals surface area contributed by atoms with Crippen LogP contribution in [-0.2, 0) is 0 Å². The Morgan fingerprint density at radius 3 is 2.70 bits per heavy atom. The van der Waals surface area contributed by atoms with Gasteiger partial charge in [0.2, 0.25) is 0 Å². The van der Waals surface area contributed by atoms with Crippen molar-refractivity contribution in [3.63, 3.8) is 0 Å². The van der Waals surface area contributed by atoms with Gasteiger partial charge in [0.1, 0.15) is 0 Å². The van der Waals surface area contributed by atoms with Crippen molar-refractivity contribution >= 4 is 7.12 Å². The van der Waals surface area contributed by atoms with E-state index in [-0.39, 0.29) is 0 Å². The van der Waals surface area contributed by atoms with Gasteiger partial charge in [-0.3, -0.25) is 0 Å². The Balaban J connectivity index is 2.46. The first-order valence-corrected chi connectivity index (χ1v) is 3.86. The van der Waals surface area contributed by atoms with E-state index in [1.165, 1.54) is 12.8 Å². The molecule has 2 N–H and O–H groups in total. The Morgan fingerprint density at radius 1 is 1.20 bits per heavy atom. The maximum absolute atomic E-state index is 8.79. The Morgan fingerprint density at radius 2 is 2.00 bits per heavy atom. The molecule has 1 aliphatic rings. The van der Waals surface area contributed by atoms with Gasteiger partial charge in [0.15, 0.2) is 0 Å². The second kappa shape index (κ2) is 3.79. The van der Waals surface area contributed by atoms with E-state index in [0.717, 1.165) is 24.7 Å². The largest absolute Gasteiger partial charge is 0.483 e. The van der Waals surface area contributed by atoms with Crippen LogP contribution in [0, 0.1) is 0 Å². The van der Waals surface area contributed by atoms with E-state index in [1.807, 2.05) is 6.08 Å². The fraction of sp³-hybridized carbons (Fsp3) is 0.714. The molecular weight excluding hydrogens is 127 g/mol. The summed E-state index contributed by atoms with van der Waals surface area (Å²) in [7, 11) is -1.21. The van der Waals surface area contributed by atoms with Crippen molar-refractivity contribution in [2.24, 2.45) is 0 Å². The van der Waals surface area contributed by atoms with Gasteiger partial charge in [0.25, 0.3) is 0 Å². The lowest BCUT2D eigenvalue weighted by atomic mass is 9.77. The van der Waals surface area contributed by atoms with Gasteiger partial charge in [0, 0.05) is 0 Å². The normalized spacial score (nSPS) is 19.6. The van der Waals surface area contributed by atoms with Crippen LogP contribution >= 0.6 is 0 Å². The van der Waals surface area contributed by atoms with Gasteiger partial charge in [-0.2, -0.15) is 0 Å². The van der Waals surface area contributed by atoms with E-state index >= 15 is 0 Å². The first-order chi connectivity index (χ1) is 4.80. The lowest BCUT2D eigenvalue weighted by Gasteiger charge is -2.00. The summed E-state index contributed by atoms with van der Waals surface area (Å²) < 4.78 is 0. The van der Waals surface area contributed by atoms with Crippen molar-refractivity contribution < 1.29 is 10.0 Å². The molecule has 0 unspecified atom stereocenters. The van der Waals surface area contributed by atoms with E-state index in [2.05, 4.69) is 0 Å². The molecule has 0 aromatic rings. The van der Waals surface area contributed by atoms with Crippen LogP contribution in [0.3, 0.4) is 0 Å². The molecule has 1 rings (SSSR count). The molecule has 0 spiro atoms. The lowest BCUT2D eigenvalue weighted by Crippen LogP contribution is -2.14. The van der Waals surface area contributed by atoms with E-state index < -0.39 is 7.12 Å². The average Bonchev–Trinajstić information content (AvgIpc) is 2.12. The molecule has 2 nitrogen and oxygen atoms in total. The third-order valence-corrected chi connectivity index (χ3v) is 1.91. The minimum atomic E-state index is -1.21. The summed E-state index contributed by atoms with van der Waals surface area (Å²) in [5.41, 5.74) is 0.803. The summed E-state index contributed by atoms with van der Waals surface area (Å²) in [6, 6.07) is 0. The highest BCUT2D eigenvalue weighted by Gasteiger charge is 2.14. The maximum atomic E-state index is 8.79. The molecular formula is C7H13BO2. The van der Waals surface area contributed by atoms with Crippen LogP contribution in [-0.4, -0.2) is 17.2 Å². The zero-order valence-corrected chi connectivity index (χ0v) is 6.08. The second-order valence-corrected chi connectivity index (χ2v) is 2.75. The molecule has 0 fully saturated rings. The van der Waals surface area contributed by atoms with Crippen LogP contribution in [0.2, 0.25) is 0 Å². The Bertz CT molecular complexity index is 132. The molecule has 0 aromatic carbocycles. The smallest absolute Gasteiger partial charge is 0.423 e. The zero-order valence-electron chi connectivity index (χ0n) is 6.08. The van der Waals surface area contributed by atoms with Gasteiger partial charge in [-0.25, -0.2) is 0 Å². The van der Waals surface area contributed by atoms with Crippen molar-refractivity contribution in [1.82, 2.24) is 0 Å². The van der Waals surface area contributed by atoms with E-state index in [4.69, 9.17) is 10.0 Å². The molecule has 10 heavy (non-hydrogen) atoms. The maximum Gasteiger partial charge on any atom is 0.483 e. The van der Waals surface area contributed by atoms with Gasteiger partial charge in [-0.05, 0) is 24.7 Å². The Kier molecular flexibility index (Phi) is 2.96. The standard InChI is InChI=1S/C7H13BO2/c9-8(10)7-5-3-1-2-4-6-7/h5,9-10H,1-4,6H2. The summed E-state index contributed by atoms with van der Waals surface area (Å²) >= 11 is 0. The van der Waals surface area contributed by atoms with Crippen LogP contribution in [0.25, 0.3) is 0 Å². The highest BCUT2D eigenvalue weighted by molar-refractivity contribution is 6.50. The first-order valence-electron chi connectivity index (χ1n) is 3.86. The highest BCUT2D eigenvalue weighted by Crippen LogP contribution is 2.17. The first kappa shape index (κ1) is 7.83. The molecule has 0 saturated heterocycles. The number of hydrogen-bond acceptors (Lipinski definition) is 2. The minimum Gasteiger partial charge on any atom is -0.423 e. The summed E-state index contributed by atoms with van der Waals surface area (Å²) in [4.78, 5) is 0.